The SMILES string of the molecule is N[C@@H](CNc1ncc(-c2ccc3cnc(F)cc3c2)s1)Cc1ccc(C(F)(F)F)nc1Cl. The summed E-state index contributed by atoms with van der Waals surface area (Å²) in [6.07, 6.45) is -1.12. The molecule has 4 aromatic rings. The van der Waals surface area contributed by atoms with Gasteiger partial charge in [0.2, 0.25) is 5.95 Å². The maximum atomic E-state index is 13.4. The first-order chi connectivity index (χ1) is 15.2. The summed E-state index contributed by atoms with van der Waals surface area (Å²) in [5.74, 6) is -0.543. The number of fused-ring (bicyclic) bond motifs is 1. The summed E-state index contributed by atoms with van der Waals surface area (Å²) in [5, 5.41) is 5.12. The number of nitrogens with one attached hydrogen (secondary N) is 1. The van der Waals surface area contributed by atoms with Gasteiger partial charge in [0.1, 0.15) is 10.8 Å². The van der Waals surface area contributed by atoms with Gasteiger partial charge in [0, 0.05) is 36.4 Å². The van der Waals surface area contributed by atoms with Gasteiger partial charge in [-0.15, -0.1) is 0 Å². The Bertz CT molecular complexity index is 1260. The minimum atomic E-state index is -4.55. The average molecular weight is 482 g/mol. The lowest BCUT2D eigenvalue weighted by Crippen LogP contribution is -2.31. The van der Waals surface area contributed by atoms with Gasteiger partial charge in [-0.25, -0.2) is 15.0 Å². The van der Waals surface area contributed by atoms with Crippen molar-refractivity contribution in [2.45, 2.75) is 18.6 Å². The Morgan fingerprint density at radius 2 is 1.88 bits per heavy atom. The van der Waals surface area contributed by atoms with Crippen LogP contribution in [0.5, 0.6) is 0 Å². The van der Waals surface area contributed by atoms with Gasteiger partial charge in [0.25, 0.3) is 0 Å². The Balaban J connectivity index is 1.39. The predicted octanol–water partition coefficient (Wildman–Crippen LogP) is 5.55. The summed E-state index contributed by atoms with van der Waals surface area (Å²) in [6, 6.07) is 8.76. The van der Waals surface area contributed by atoms with E-state index >= 15 is 0 Å². The van der Waals surface area contributed by atoms with Gasteiger partial charge in [-0.2, -0.15) is 17.6 Å². The highest BCUT2D eigenvalue weighted by Crippen LogP contribution is 2.32. The average Bonchev–Trinajstić information content (AvgIpc) is 3.21. The van der Waals surface area contributed by atoms with Crippen molar-refractivity contribution in [3.05, 3.63) is 71.2 Å². The highest BCUT2D eigenvalue weighted by atomic mass is 35.5. The molecule has 1 atom stereocenters. The second kappa shape index (κ2) is 8.97. The molecule has 0 bridgehead atoms. The second-order valence-corrected chi connectivity index (χ2v) is 8.48. The molecule has 32 heavy (non-hydrogen) atoms. The number of alkyl halides is 3. The third-order valence-corrected chi connectivity index (χ3v) is 6.02. The predicted molar refractivity (Wildman–Crippen MR) is 117 cm³/mol. The van der Waals surface area contributed by atoms with Gasteiger partial charge in [0.05, 0.1) is 4.88 Å². The van der Waals surface area contributed by atoms with Crippen molar-refractivity contribution in [3.8, 4) is 10.4 Å². The van der Waals surface area contributed by atoms with E-state index in [0.29, 0.717) is 17.2 Å². The summed E-state index contributed by atoms with van der Waals surface area (Å²) in [6.45, 7) is 0.332. The number of nitrogens with two attached hydrogens (primary N) is 1. The third kappa shape index (κ3) is 5.14. The highest BCUT2D eigenvalue weighted by Gasteiger charge is 2.33. The summed E-state index contributed by atoms with van der Waals surface area (Å²) >= 11 is 7.30. The molecule has 0 saturated carbocycles. The fraction of sp³-hybridized carbons (Fsp3) is 0.190. The van der Waals surface area contributed by atoms with E-state index in [9.17, 15) is 17.6 Å². The zero-order valence-corrected chi connectivity index (χ0v) is 17.9. The minimum absolute atomic E-state index is 0.213. The molecule has 0 aliphatic carbocycles. The number of pyridine rings is 2. The Kier molecular flexibility index (Phi) is 6.27. The monoisotopic (exact) mass is 481 g/mol. The Morgan fingerprint density at radius 1 is 1.06 bits per heavy atom. The first-order valence-electron chi connectivity index (χ1n) is 9.42. The molecule has 0 amide bonds. The third-order valence-electron chi connectivity index (χ3n) is 4.69. The van der Waals surface area contributed by atoms with Crippen LogP contribution in [-0.4, -0.2) is 27.5 Å². The van der Waals surface area contributed by atoms with Gasteiger partial charge in [-0.05, 0) is 35.1 Å². The molecule has 0 spiro atoms. The van der Waals surface area contributed by atoms with E-state index in [-0.39, 0.29) is 11.6 Å². The number of thiazole rings is 1. The van der Waals surface area contributed by atoms with Crippen molar-refractivity contribution in [1.29, 1.82) is 0 Å². The maximum Gasteiger partial charge on any atom is 0.433 e. The van der Waals surface area contributed by atoms with E-state index in [1.807, 2.05) is 18.2 Å². The van der Waals surface area contributed by atoms with Gasteiger partial charge in [-0.1, -0.05) is 41.1 Å². The zero-order valence-electron chi connectivity index (χ0n) is 16.3. The largest absolute Gasteiger partial charge is 0.433 e. The molecule has 3 heterocycles. The van der Waals surface area contributed by atoms with Crippen molar-refractivity contribution >= 4 is 38.8 Å². The second-order valence-electron chi connectivity index (χ2n) is 7.09. The quantitative estimate of drug-likeness (QED) is 0.279. The van der Waals surface area contributed by atoms with E-state index in [1.165, 1.54) is 29.7 Å². The molecule has 0 saturated heterocycles. The smallest absolute Gasteiger partial charge is 0.360 e. The van der Waals surface area contributed by atoms with Gasteiger partial charge in [0.15, 0.2) is 5.13 Å². The van der Waals surface area contributed by atoms with Crippen LogP contribution in [0.1, 0.15) is 11.3 Å². The van der Waals surface area contributed by atoms with E-state index in [1.54, 1.807) is 6.20 Å². The molecule has 0 aliphatic heterocycles. The molecule has 0 fully saturated rings. The lowest BCUT2D eigenvalue weighted by molar-refractivity contribution is -0.141. The number of anilines is 1. The number of benzene rings is 1. The van der Waals surface area contributed by atoms with E-state index in [4.69, 9.17) is 17.3 Å². The lowest BCUT2D eigenvalue weighted by Gasteiger charge is -2.14. The van der Waals surface area contributed by atoms with Gasteiger partial charge >= 0.3 is 6.18 Å². The van der Waals surface area contributed by atoms with Crippen molar-refractivity contribution < 1.29 is 17.6 Å². The molecule has 0 unspecified atom stereocenters. The summed E-state index contributed by atoms with van der Waals surface area (Å²) in [4.78, 5) is 12.3. The van der Waals surface area contributed by atoms with Gasteiger partial charge < -0.3 is 11.1 Å². The number of hydrogen-bond acceptors (Lipinski definition) is 6. The molecular weight excluding hydrogens is 466 g/mol. The Hall–Kier alpha value is -2.82. The fourth-order valence-electron chi connectivity index (χ4n) is 3.10. The Labute approximate surface area is 189 Å². The number of aromatic nitrogens is 3. The normalized spacial score (nSPS) is 12.8. The lowest BCUT2D eigenvalue weighted by atomic mass is 10.1. The fourth-order valence-corrected chi connectivity index (χ4v) is 4.15. The molecule has 3 N–H and O–H groups in total. The van der Waals surface area contributed by atoms with E-state index in [2.05, 4.69) is 20.3 Å². The summed E-state index contributed by atoms with van der Waals surface area (Å²) in [5.41, 5.74) is 6.39. The number of halogens is 5. The van der Waals surface area contributed by atoms with Crippen molar-refractivity contribution in [2.24, 2.45) is 5.73 Å². The van der Waals surface area contributed by atoms with Crippen LogP contribution in [0.2, 0.25) is 5.15 Å². The topological polar surface area (TPSA) is 76.7 Å². The summed E-state index contributed by atoms with van der Waals surface area (Å²) < 4.78 is 51.5. The van der Waals surface area contributed by atoms with Gasteiger partial charge in [-0.3, -0.25) is 0 Å². The molecule has 4 rings (SSSR count). The van der Waals surface area contributed by atoms with E-state index in [0.717, 1.165) is 27.3 Å². The highest BCUT2D eigenvalue weighted by molar-refractivity contribution is 7.18. The first-order valence-corrected chi connectivity index (χ1v) is 10.6. The molecular formula is C21H16ClF4N5S. The molecule has 5 nitrogen and oxygen atoms in total. The van der Waals surface area contributed by atoms with E-state index < -0.39 is 23.9 Å². The van der Waals surface area contributed by atoms with Crippen LogP contribution in [0.25, 0.3) is 21.2 Å². The van der Waals surface area contributed by atoms with Crippen LogP contribution >= 0.6 is 22.9 Å². The zero-order chi connectivity index (χ0) is 22.9. The van der Waals surface area contributed by atoms with Crippen LogP contribution in [-0.2, 0) is 12.6 Å². The Morgan fingerprint density at radius 3 is 2.62 bits per heavy atom. The first kappa shape index (κ1) is 22.4. The number of hydrogen-bond donors (Lipinski definition) is 2. The van der Waals surface area contributed by atoms with Crippen LogP contribution in [0.15, 0.2) is 48.8 Å². The van der Waals surface area contributed by atoms with Crippen molar-refractivity contribution in [2.75, 3.05) is 11.9 Å². The van der Waals surface area contributed by atoms with Crippen LogP contribution in [0, 0.1) is 5.95 Å². The van der Waals surface area contributed by atoms with Crippen LogP contribution in [0.4, 0.5) is 22.7 Å². The standard InChI is InChI=1S/C21H16ClF4N5S/c22-19-12(3-4-17(31-19)21(24,25)26)6-15(27)9-29-20-30-10-16(32-20)11-1-2-13-8-28-18(23)7-14(13)5-11/h1-5,7-8,10,15H,6,9,27H2,(H,29,30)/t15-/m1/s1. The molecule has 11 heteroatoms. The molecule has 3 aromatic heterocycles. The molecule has 166 valence electrons. The number of rotatable bonds is 6. The molecule has 0 aliphatic rings. The maximum absolute atomic E-state index is 13.4. The van der Waals surface area contributed by atoms with Crippen molar-refractivity contribution in [1.82, 2.24) is 15.0 Å². The van der Waals surface area contributed by atoms with Crippen LogP contribution in [0.3, 0.4) is 0 Å². The molecule has 1 aromatic carbocycles. The number of nitrogens with zero attached hydrogens (tertiary/aromatic N) is 3. The minimum Gasteiger partial charge on any atom is -0.360 e. The summed E-state index contributed by atoms with van der Waals surface area (Å²) in [7, 11) is 0. The van der Waals surface area contributed by atoms with Crippen molar-refractivity contribution in [3.63, 3.8) is 0 Å². The van der Waals surface area contributed by atoms with Crippen LogP contribution < -0.4 is 11.1 Å². The molecule has 0 radical (unpaired) electrons.